The number of esters is 1. The molecular formula is C11H20F3NO2. The highest BCUT2D eigenvalue weighted by molar-refractivity contribution is 5.75. The van der Waals surface area contributed by atoms with Gasteiger partial charge in [-0.15, -0.1) is 0 Å². The molecule has 3 nitrogen and oxygen atoms in total. The molecule has 1 atom stereocenters. The van der Waals surface area contributed by atoms with Crippen LogP contribution in [0.5, 0.6) is 0 Å². The second kappa shape index (κ2) is 8.33. The number of carbonyl (C=O) groups excluding carboxylic acids is 1. The van der Waals surface area contributed by atoms with Crippen LogP contribution in [0, 0.1) is 0 Å². The Balaban J connectivity index is 4.14. The summed E-state index contributed by atoms with van der Waals surface area (Å²) in [5.74, 6) is -0.604. The number of carbonyl (C=O) groups is 1. The molecule has 102 valence electrons. The van der Waals surface area contributed by atoms with Crippen molar-refractivity contribution in [3.63, 3.8) is 0 Å². The SMILES string of the molecule is CCCCCC(NCC(F)(F)F)C(=O)OCC. The second-order valence-electron chi connectivity index (χ2n) is 3.80. The van der Waals surface area contributed by atoms with Crippen LogP contribution < -0.4 is 5.32 Å². The summed E-state index contributed by atoms with van der Waals surface area (Å²) in [4.78, 5) is 11.4. The molecule has 0 aromatic rings. The number of halogens is 3. The van der Waals surface area contributed by atoms with Gasteiger partial charge in [-0.05, 0) is 13.3 Å². The fourth-order valence-electron chi connectivity index (χ4n) is 1.38. The summed E-state index contributed by atoms with van der Waals surface area (Å²) in [5.41, 5.74) is 0. The zero-order chi connectivity index (χ0) is 13.3. The van der Waals surface area contributed by atoms with E-state index in [9.17, 15) is 18.0 Å². The van der Waals surface area contributed by atoms with Gasteiger partial charge >= 0.3 is 12.1 Å². The molecule has 0 aromatic heterocycles. The summed E-state index contributed by atoms with van der Waals surface area (Å²) in [6.45, 7) is 2.63. The molecule has 0 bridgehead atoms. The topological polar surface area (TPSA) is 38.3 Å². The summed E-state index contributed by atoms with van der Waals surface area (Å²) in [6, 6.07) is -0.858. The van der Waals surface area contributed by atoms with E-state index in [1.165, 1.54) is 0 Å². The molecule has 6 heteroatoms. The molecule has 0 heterocycles. The molecule has 17 heavy (non-hydrogen) atoms. The fraction of sp³-hybridized carbons (Fsp3) is 0.909. The summed E-state index contributed by atoms with van der Waals surface area (Å²) in [6.07, 6.45) is -1.37. The Morgan fingerprint density at radius 1 is 1.29 bits per heavy atom. The molecule has 0 aromatic carbocycles. The van der Waals surface area contributed by atoms with Gasteiger partial charge in [0.15, 0.2) is 0 Å². The average molecular weight is 255 g/mol. The van der Waals surface area contributed by atoms with Crippen molar-refractivity contribution in [1.82, 2.24) is 5.32 Å². The van der Waals surface area contributed by atoms with Gasteiger partial charge in [-0.25, -0.2) is 0 Å². The standard InChI is InChI=1S/C11H20F3NO2/c1-3-5-6-7-9(10(16)17-4-2)15-8-11(12,13)14/h9,15H,3-8H2,1-2H3. The first-order chi connectivity index (χ1) is 7.90. The fourth-order valence-corrected chi connectivity index (χ4v) is 1.38. The third-order valence-electron chi connectivity index (χ3n) is 2.22. The first-order valence-corrected chi connectivity index (χ1v) is 5.87. The molecule has 0 aliphatic carbocycles. The number of hydrogen-bond acceptors (Lipinski definition) is 3. The molecule has 0 spiro atoms. The van der Waals surface area contributed by atoms with Crippen molar-refractivity contribution in [2.45, 2.75) is 51.7 Å². The summed E-state index contributed by atoms with van der Waals surface area (Å²) in [5, 5.41) is 2.20. The molecule has 0 radical (unpaired) electrons. The highest BCUT2D eigenvalue weighted by Crippen LogP contribution is 2.14. The number of alkyl halides is 3. The van der Waals surface area contributed by atoms with Gasteiger partial charge < -0.3 is 4.74 Å². The lowest BCUT2D eigenvalue weighted by molar-refractivity contribution is -0.149. The van der Waals surface area contributed by atoms with Gasteiger partial charge in [0.05, 0.1) is 13.2 Å². The van der Waals surface area contributed by atoms with Crippen LogP contribution in [-0.4, -0.2) is 31.3 Å². The Morgan fingerprint density at radius 2 is 1.94 bits per heavy atom. The number of ether oxygens (including phenoxy) is 1. The first kappa shape index (κ1) is 16.2. The Bertz CT molecular complexity index is 219. The number of nitrogens with one attached hydrogen (secondary N) is 1. The highest BCUT2D eigenvalue weighted by Gasteiger charge is 2.30. The molecule has 1 unspecified atom stereocenters. The number of hydrogen-bond donors (Lipinski definition) is 1. The zero-order valence-electron chi connectivity index (χ0n) is 10.3. The molecule has 0 fully saturated rings. The molecule has 0 rings (SSSR count). The maximum absolute atomic E-state index is 12.0. The van der Waals surface area contributed by atoms with Gasteiger partial charge in [-0.2, -0.15) is 13.2 Å². The van der Waals surface area contributed by atoms with Crippen LogP contribution in [0.1, 0.15) is 39.5 Å². The second-order valence-corrected chi connectivity index (χ2v) is 3.80. The predicted octanol–water partition coefficient (Wildman–Crippen LogP) is 2.65. The molecular weight excluding hydrogens is 235 g/mol. The van der Waals surface area contributed by atoms with Crippen molar-refractivity contribution in [2.75, 3.05) is 13.2 Å². The predicted molar refractivity (Wildman–Crippen MR) is 58.6 cm³/mol. The van der Waals surface area contributed by atoms with E-state index in [2.05, 4.69) is 5.32 Å². The van der Waals surface area contributed by atoms with Crippen molar-refractivity contribution in [3.8, 4) is 0 Å². The van der Waals surface area contributed by atoms with E-state index in [0.717, 1.165) is 12.8 Å². The van der Waals surface area contributed by atoms with E-state index >= 15 is 0 Å². The van der Waals surface area contributed by atoms with E-state index < -0.39 is 24.7 Å². The summed E-state index contributed by atoms with van der Waals surface area (Å²) < 4.78 is 40.8. The van der Waals surface area contributed by atoms with Crippen LogP contribution in [-0.2, 0) is 9.53 Å². The van der Waals surface area contributed by atoms with Crippen molar-refractivity contribution >= 4 is 5.97 Å². The van der Waals surface area contributed by atoms with Gasteiger partial charge in [-0.3, -0.25) is 10.1 Å². The first-order valence-electron chi connectivity index (χ1n) is 5.87. The van der Waals surface area contributed by atoms with Crippen molar-refractivity contribution < 1.29 is 22.7 Å². The van der Waals surface area contributed by atoms with Gasteiger partial charge in [0, 0.05) is 0 Å². The van der Waals surface area contributed by atoms with Crippen LogP contribution >= 0.6 is 0 Å². The Hall–Kier alpha value is -0.780. The lowest BCUT2D eigenvalue weighted by Crippen LogP contribution is -2.42. The smallest absolute Gasteiger partial charge is 0.401 e. The third kappa shape index (κ3) is 8.97. The van der Waals surface area contributed by atoms with Crippen LogP contribution in [0.3, 0.4) is 0 Å². The summed E-state index contributed by atoms with van der Waals surface area (Å²) in [7, 11) is 0. The Kier molecular flexibility index (Phi) is 7.95. The van der Waals surface area contributed by atoms with Gasteiger partial charge in [0.1, 0.15) is 6.04 Å². The monoisotopic (exact) mass is 255 g/mol. The van der Waals surface area contributed by atoms with E-state index in [-0.39, 0.29) is 6.61 Å². The minimum Gasteiger partial charge on any atom is -0.465 e. The van der Waals surface area contributed by atoms with Crippen molar-refractivity contribution in [3.05, 3.63) is 0 Å². The number of rotatable bonds is 8. The molecule has 0 aliphatic rings. The number of unbranched alkanes of at least 4 members (excludes halogenated alkanes) is 2. The van der Waals surface area contributed by atoms with Crippen LogP contribution in [0.4, 0.5) is 13.2 Å². The average Bonchev–Trinajstić information content (AvgIpc) is 2.22. The zero-order valence-corrected chi connectivity index (χ0v) is 10.3. The molecule has 0 amide bonds. The van der Waals surface area contributed by atoms with E-state index in [1.807, 2.05) is 6.92 Å². The van der Waals surface area contributed by atoms with E-state index in [4.69, 9.17) is 4.74 Å². The highest BCUT2D eigenvalue weighted by atomic mass is 19.4. The van der Waals surface area contributed by atoms with Crippen LogP contribution in [0.15, 0.2) is 0 Å². The lowest BCUT2D eigenvalue weighted by atomic mass is 10.1. The summed E-state index contributed by atoms with van der Waals surface area (Å²) >= 11 is 0. The van der Waals surface area contributed by atoms with Gasteiger partial charge in [0.2, 0.25) is 0 Å². The van der Waals surface area contributed by atoms with E-state index in [0.29, 0.717) is 12.8 Å². The van der Waals surface area contributed by atoms with E-state index in [1.54, 1.807) is 6.92 Å². The largest absolute Gasteiger partial charge is 0.465 e. The Labute approximate surface area is 99.7 Å². The van der Waals surface area contributed by atoms with Gasteiger partial charge in [0.25, 0.3) is 0 Å². The molecule has 0 saturated carbocycles. The van der Waals surface area contributed by atoms with Crippen LogP contribution in [0.2, 0.25) is 0 Å². The van der Waals surface area contributed by atoms with Crippen LogP contribution in [0.25, 0.3) is 0 Å². The maximum Gasteiger partial charge on any atom is 0.401 e. The lowest BCUT2D eigenvalue weighted by Gasteiger charge is -2.18. The van der Waals surface area contributed by atoms with Crippen molar-refractivity contribution in [2.24, 2.45) is 0 Å². The molecule has 0 saturated heterocycles. The van der Waals surface area contributed by atoms with Gasteiger partial charge in [-0.1, -0.05) is 26.2 Å². The Morgan fingerprint density at radius 3 is 2.41 bits per heavy atom. The van der Waals surface area contributed by atoms with Crippen molar-refractivity contribution in [1.29, 1.82) is 0 Å². The molecule has 0 aliphatic heterocycles. The third-order valence-corrected chi connectivity index (χ3v) is 2.22. The normalized spacial score (nSPS) is 13.5. The maximum atomic E-state index is 12.0. The molecule has 1 N–H and O–H groups in total. The minimum atomic E-state index is -4.31. The minimum absolute atomic E-state index is 0.177. The quantitative estimate of drug-likeness (QED) is 0.535.